The molecule has 0 aliphatic carbocycles. The van der Waals surface area contributed by atoms with Gasteiger partial charge in [0, 0.05) is 49.7 Å². The van der Waals surface area contributed by atoms with Gasteiger partial charge in [0.1, 0.15) is 0 Å². The van der Waals surface area contributed by atoms with Crippen molar-refractivity contribution in [1.82, 2.24) is 14.7 Å². The van der Waals surface area contributed by atoms with Gasteiger partial charge in [-0.25, -0.2) is 0 Å². The molecule has 2 aliphatic rings. The van der Waals surface area contributed by atoms with Crippen molar-refractivity contribution >= 4 is 23.6 Å². The van der Waals surface area contributed by atoms with Crippen LogP contribution < -0.4 is 0 Å². The molecule has 0 spiro atoms. The van der Waals surface area contributed by atoms with Crippen LogP contribution in [0.3, 0.4) is 0 Å². The summed E-state index contributed by atoms with van der Waals surface area (Å²) in [7, 11) is 0. The molecule has 2 atom stereocenters. The minimum absolute atomic E-state index is 0.0942. The number of carbonyl (C=O) groups is 2. The molecule has 0 bridgehead atoms. The highest BCUT2D eigenvalue weighted by atomic mass is 32.2. The highest BCUT2D eigenvalue weighted by molar-refractivity contribution is 7.99. The zero-order valence-corrected chi connectivity index (χ0v) is 17.8. The van der Waals surface area contributed by atoms with E-state index in [1.807, 2.05) is 4.90 Å². The maximum Gasteiger partial charge on any atom is 0.288 e. The first-order valence-corrected chi connectivity index (χ1v) is 11.0. The van der Waals surface area contributed by atoms with Gasteiger partial charge >= 0.3 is 0 Å². The number of hydrogen-bond acceptors (Lipinski definition) is 4. The monoisotopic (exact) mass is 425 g/mol. The lowest BCUT2D eigenvalue weighted by Crippen LogP contribution is -2.53. The topological polar surface area (TPSA) is 43.9 Å². The number of piperidine rings is 1. The molecule has 8 heteroatoms. The van der Waals surface area contributed by atoms with E-state index in [1.165, 1.54) is 6.42 Å². The molecule has 160 valence electrons. The van der Waals surface area contributed by atoms with Crippen molar-refractivity contribution in [3.05, 3.63) is 29.8 Å². The van der Waals surface area contributed by atoms with Crippen LogP contribution in [0.4, 0.5) is 8.78 Å². The number of alkyl halides is 2. The van der Waals surface area contributed by atoms with E-state index in [1.54, 1.807) is 29.2 Å². The van der Waals surface area contributed by atoms with E-state index in [2.05, 4.69) is 18.7 Å². The zero-order chi connectivity index (χ0) is 21.0. The van der Waals surface area contributed by atoms with Gasteiger partial charge in [0.25, 0.3) is 11.7 Å². The highest BCUT2D eigenvalue weighted by Crippen LogP contribution is 2.25. The molecule has 0 saturated carbocycles. The van der Waals surface area contributed by atoms with E-state index in [9.17, 15) is 18.4 Å². The number of likely N-dealkylation sites (tertiary alicyclic amines) is 1. The van der Waals surface area contributed by atoms with Gasteiger partial charge in [0.2, 0.25) is 5.91 Å². The number of carbonyl (C=O) groups excluding carboxylic acids is 2. The molecule has 2 unspecified atom stereocenters. The van der Waals surface area contributed by atoms with E-state index in [4.69, 9.17) is 0 Å². The van der Waals surface area contributed by atoms with Crippen LogP contribution in [0.2, 0.25) is 0 Å². The van der Waals surface area contributed by atoms with Crippen LogP contribution in [0.15, 0.2) is 29.2 Å². The number of benzene rings is 1. The molecule has 2 amide bonds. The van der Waals surface area contributed by atoms with E-state index in [-0.39, 0.29) is 11.8 Å². The minimum Gasteiger partial charge on any atom is -0.341 e. The number of rotatable bonds is 5. The van der Waals surface area contributed by atoms with Crippen molar-refractivity contribution in [3.8, 4) is 0 Å². The Hall–Kier alpha value is -1.67. The second-order valence-corrected chi connectivity index (χ2v) is 9.28. The highest BCUT2D eigenvalue weighted by Gasteiger charge is 2.28. The molecular formula is C21H29F2N3O2S. The Morgan fingerprint density at radius 2 is 1.59 bits per heavy atom. The molecule has 3 rings (SSSR count). The number of halogens is 2. The fourth-order valence-corrected chi connectivity index (χ4v) is 4.73. The third-order valence-electron chi connectivity index (χ3n) is 5.57. The maximum absolute atomic E-state index is 12.7. The summed E-state index contributed by atoms with van der Waals surface area (Å²) in [6, 6.07) is 6.31. The van der Waals surface area contributed by atoms with Gasteiger partial charge in [-0.05, 0) is 42.5 Å². The summed E-state index contributed by atoms with van der Waals surface area (Å²) in [6.07, 6.45) is 1.17. The Kier molecular flexibility index (Phi) is 7.51. The van der Waals surface area contributed by atoms with Crippen LogP contribution in [0.1, 0.15) is 30.6 Å². The molecule has 2 heterocycles. The van der Waals surface area contributed by atoms with Crippen LogP contribution >= 0.6 is 11.8 Å². The SMILES string of the molecule is CC1CC(C)CN(C(=O)CN2CCN(C(=O)c3ccc(SC(F)F)cc3)CC2)C1. The van der Waals surface area contributed by atoms with Gasteiger partial charge < -0.3 is 9.80 Å². The number of nitrogens with zero attached hydrogens (tertiary/aromatic N) is 3. The first-order valence-electron chi connectivity index (χ1n) is 10.2. The Labute approximate surface area is 175 Å². The summed E-state index contributed by atoms with van der Waals surface area (Å²) in [5, 5.41) is 0. The predicted molar refractivity (Wildman–Crippen MR) is 110 cm³/mol. The molecule has 1 aromatic rings. The van der Waals surface area contributed by atoms with Crippen LogP contribution in [0, 0.1) is 11.8 Å². The smallest absolute Gasteiger partial charge is 0.288 e. The second kappa shape index (κ2) is 9.89. The number of hydrogen-bond donors (Lipinski definition) is 0. The maximum atomic E-state index is 12.7. The Balaban J connectivity index is 1.47. The van der Waals surface area contributed by atoms with Gasteiger partial charge in [-0.3, -0.25) is 14.5 Å². The summed E-state index contributed by atoms with van der Waals surface area (Å²) in [6.45, 7) is 8.91. The van der Waals surface area contributed by atoms with Gasteiger partial charge in [-0.1, -0.05) is 25.6 Å². The molecule has 2 aliphatic heterocycles. The van der Waals surface area contributed by atoms with Crippen molar-refractivity contribution in [2.75, 3.05) is 45.8 Å². The third-order valence-corrected chi connectivity index (χ3v) is 6.29. The molecule has 5 nitrogen and oxygen atoms in total. The minimum atomic E-state index is -2.47. The van der Waals surface area contributed by atoms with Crippen molar-refractivity contribution < 1.29 is 18.4 Å². The van der Waals surface area contributed by atoms with E-state index in [0.29, 0.717) is 66.8 Å². The lowest BCUT2D eigenvalue weighted by molar-refractivity contribution is -0.135. The third kappa shape index (κ3) is 6.15. The summed E-state index contributed by atoms with van der Waals surface area (Å²) < 4.78 is 24.8. The fourth-order valence-electron chi connectivity index (χ4n) is 4.23. The second-order valence-electron chi connectivity index (χ2n) is 8.22. The summed E-state index contributed by atoms with van der Waals surface area (Å²) in [4.78, 5) is 31.6. The number of thioether (sulfide) groups is 1. The normalized spacial score (nSPS) is 23.5. The average molecular weight is 426 g/mol. The summed E-state index contributed by atoms with van der Waals surface area (Å²) in [5.74, 6) is -1.30. The Bertz CT molecular complexity index is 698. The molecule has 29 heavy (non-hydrogen) atoms. The van der Waals surface area contributed by atoms with Crippen LogP contribution in [-0.4, -0.2) is 78.1 Å². The van der Waals surface area contributed by atoms with Gasteiger partial charge in [-0.2, -0.15) is 8.78 Å². The lowest BCUT2D eigenvalue weighted by atomic mass is 9.92. The summed E-state index contributed by atoms with van der Waals surface area (Å²) >= 11 is 0.471. The standard InChI is InChI=1S/C21H29F2N3O2S/c1-15-11-16(2)13-26(12-15)19(27)14-24-7-9-25(10-8-24)20(28)17-3-5-18(6-4-17)29-21(22)23/h3-6,15-16,21H,7-14H2,1-2H3. The Morgan fingerprint density at radius 1 is 1.00 bits per heavy atom. The van der Waals surface area contributed by atoms with E-state index < -0.39 is 5.76 Å². The van der Waals surface area contributed by atoms with Gasteiger partial charge in [-0.15, -0.1) is 0 Å². The predicted octanol–water partition coefficient (Wildman–Crippen LogP) is 3.26. The fraction of sp³-hybridized carbons (Fsp3) is 0.619. The van der Waals surface area contributed by atoms with Crippen molar-refractivity contribution in [2.45, 2.75) is 30.9 Å². The average Bonchev–Trinajstić information content (AvgIpc) is 2.67. The number of amides is 2. The van der Waals surface area contributed by atoms with Gasteiger partial charge in [0.05, 0.1) is 6.54 Å². The van der Waals surface area contributed by atoms with Gasteiger partial charge in [0.15, 0.2) is 0 Å². The molecule has 1 aromatic carbocycles. The Morgan fingerprint density at radius 3 is 2.14 bits per heavy atom. The van der Waals surface area contributed by atoms with E-state index in [0.717, 1.165) is 13.1 Å². The molecule has 0 radical (unpaired) electrons. The van der Waals surface area contributed by atoms with Crippen molar-refractivity contribution in [3.63, 3.8) is 0 Å². The molecule has 2 saturated heterocycles. The molecule has 2 fully saturated rings. The van der Waals surface area contributed by atoms with Crippen molar-refractivity contribution in [1.29, 1.82) is 0 Å². The van der Waals surface area contributed by atoms with E-state index >= 15 is 0 Å². The largest absolute Gasteiger partial charge is 0.341 e. The summed E-state index contributed by atoms with van der Waals surface area (Å²) in [5.41, 5.74) is 0.504. The quantitative estimate of drug-likeness (QED) is 0.680. The zero-order valence-electron chi connectivity index (χ0n) is 17.0. The number of piperazine rings is 1. The molecule has 0 aromatic heterocycles. The first-order chi connectivity index (χ1) is 13.8. The van der Waals surface area contributed by atoms with Crippen LogP contribution in [-0.2, 0) is 4.79 Å². The van der Waals surface area contributed by atoms with Crippen molar-refractivity contribution in [2.24, 2.45) is 11.8 Å². The van der Waals surface area contributed by atoms with Crippen LogP contribution in [0.25, 0.3) is 0 Å². The first kappa shape index (κ1) is 22.0. The van der Waals surface area contributed by atoms with Crippen LogP contribution in [0.5, 0.6) is 0 Å². The molecular weight excluding hydrogens is 396 g/mol. The lowest BCUT2D eigenvalue weighted by Gasteiger charge is -2.38. The molecule has 0 N–H and O–H groups in total.